The summed E-state index contributed by atoms with van der Waals surface area (Å²) in [6.07, 6.45) is 2.77. The lowest BCUT2D eigenvalue weighted by Crippen LogP contribution is -2.48. The zero-order valence-electron chi connectivity index (χ0n) is 14.2. The molecule has 1 aliphatic carbocycles. The van der Waals surface area contributed by atoms with Crippen LogP contribution in [0, 0.1) is 11.7 Å². The van der Waals surface area contributed by atoms with Gasteiger partial charge < -0.3 is 4.90 Å². The number of amides is 2. The molecule has 2 amide bonds. The number of nitrogens with one attached hydrogen (secondary N) is 1. The normalized spacial score (nSPS) is 27.6. The average molecular weight is 347 g/mol. The van der Waals surface area contributed by atoms with Crippen LogP contribution in [0.4, 0.5) is 4.39 Å². The Bertz CT molecular complexity index is 753. The van der Waals surface area contributed by atoms with Crippen LogP contribution in [0.1, 0.15) is 41.3 Å². The van der Waals surface area contributed by atoms with Gasteiger partial charge in [-0.25, -0.2) is 9.87 Å². The second-order valence-electron chi connectivity index (χ2n) is 7.46. The number of hydrogen-bond acceptors (Lipinski definition) is 4. The fraction of sp³-hybridized carbons (Fsp3) is 0.556. The first-order valence-corrected chi connectivity index (χ1v) is 8.71. The standard InChI is InChI=1S/C18H22FN3O3/c1-11(23)22-5-3-14-8-18(14,22)10-21-4-2-12-6-13(17(24)20-25)7-16(19)15(12)9-21/h6-7,14,25H,2-5,8-10H2,1H3,(H,20,24). The molecule has 25 heavy (non-hydrogen) atoms. The minimum Gasteiger partial charge on any atom is -0.336 e. The van der Waals surface area contributed by atoms with Gasteiger partial charge in [-0.2, -0.15) is 0 Å². The fourth-order valence-corrected chi connectivity index (χ4v) is 4.72. The van der Waals surface area contributed by atoms with Gasteiger partial charge in [-0.15, -0.1) is 0 Å². The van der Waals surface area contributed by atoms with E-state index in [1.807, 2.05) is 4.90 Å². The molecule has 7 heteroatoms. The van der Waals surface area contributed by atoms with E-state index >= 15 is 0 Å². The molecule has 2 atom stereocenters. The maximum absolute atomic E-state index is 14.5. The number of rotatable bonds is 3. The number of likely N-dealkylation sites (tertiary alicyclic amines) is 1. The van der Waals surface area contributed by atoms with Crippen molar-refractivity contribution in [3.8, 4) is 0 Å². The molecule has 2 aliphatic heterocycles. The van der Waals surface area contributed by atoms with Gasteiger partial charge in [0.05, 0.1) is 5.54 Å². The number of halogens is 1. The highest BCUT2D eigenvalue weighted by atomic mass is 19.1. The van der Waals surface area contributed by atoms with Crippen molar-refractivity contribution in [2.45, 2.75) is 38.3 Å². The predicted octanol–water partition coefficient (Wildman–Crippen LogP) is 1.31. The smallest absolute Gasteiger partial charge is 0.274 e. The summed E-state index contributed by atoms with van der Waals surface area (Å²) in [5, 5.41) is 8.72. The molecule has 1 saturated heterocycles. The molecule has 0 aromatic heterocycles. The van der Waals surface area contributed by atoms with E-state index in [0.717, 1.165) is 38.0 Å². The highest BCUT2D eigenvalue weighted by Gasteiger charge is 2.63. The monoisotopic (exact) mass is 347 g/mol. The maximum Gasteiger partial charge on any atom is 0.274 e. The zero-order chi connectivity index (χ0) is 17.8. The fourth-order valence-electron chi connectivity index (χ4n) is 4.72. The second kappa shape index (κ2) is 5.78. The van der Waals surface area contributed by atoms with Gasteiger partial charge in [-0.1, -0.05) is 0 Å². The summed E-state index contributed by atoms with van der Waals surface area (Å²) >= 11 is 0. The predicted molar refractivity (Wildman–Crippen MR) is 87.5 cm³/mol. The van der Waals surface area contributed by atoms with Gasteiger partial charge in [-0.3, -0.25) is 19.7 Å². The number of hydrogen-bond donors (Lipinski definition) is 2. The summed E-state index contributed by atoms with van der Waals surface area (Å²) in [5.74, 6) is -0.408. The third-order valence-corrected chi connectivity index (χ3v) is 6.05. The topological polar surface area (TPSA) is 72.9 Å². The largest absolute Gasteiger partial charge is 0.336 e. The Balaban J connectivity index is 1.52. The van der Waals surface area contributed by atoms with E-state index < -0.39 is 11.7 Å². The van der Waals surface area contributed by atoms with Crippen LogP contribution in [-0.4, -0.2) is 52.0 Å². The van der Waals surface area contributed by atoms with Crippen molar-refractivity contribution < 1.29 is 19.2 Å². The Morgan fingerprint density at radius 3 is 2.88 bits per heavy atom. The van der Waals surface area contributed by atoms with Crippen LogP contribution in [0.3, 0.4) is 0 Å². The molecule has 3 aliphatic rings. The number of piperidine rings is 1. The first-order chi connectivity index (χ1) is 11.9. The van der Waals surface area contributed by atoms with Crippen molar-refractivity contribution in [1.29, 1.82) is 0 Å². The Labute approximate surface area is 145 Å². The number of benzene rings is 1. The highest BCUT2D eigenvalue weighted by Crippen LogP contribution is 2.56. The van der Waals surface area contributed by atoms with Crippen molar-refractivity contribution >= 4 is 11.8 Å². The van der Waals surface area contributed by atoms with Crippen molar-refractivity contribution in [3.05, 3.63) is 34.6 Å². The molecule has 0 spiro atoms. The maximum atomic E-state index is 14.5. The average Bonchev–Trinajstić information content (AvgIpc) is 3.16. The van der Waals surface area contributed by atoms with Gasteiger partial charge in [0, 0.05) is 44.2 Å². The quantitative estimate of drug-likeness (QED) is 0.639. The van der Waals surface area contributed by atoms with E-state index in [2.05, 4.69) is 4.90 Å². The molecule has 1 saturated carbocycles. The van der Waals surface area contributed by atoms with Crippen molar-refractivity contribution in [2.24, 2.45) is 5.92 Å². The van der Waals surface area contributed by atoms with Gasteiger partial charge in [0.2, 0.25) is 5.91 Å². The van der Waals surface area contributed by atoms with Crippen molar-refractivity contribution in [1.82, 2.24) is 15.3 Å². The summed E-state index contributed by atoms with van der Waals surface area (Å²) in [7, 11) is 0. The molecular formula is C18H22FN3O3. The molecule has 4 rings (SSSR count). The van der Waals surface area contributed by atoms with Gasteiger partial charge >= 0.3 is 0 Å². The number of fused-ring (bicyclic) bond motifs is 2. The van der Waals surface area contributed by atoms with E-state index in [4.69, 9.17) is 5.21 Å². The summed E-state index contributed by atoms with van der Waals surface area (Å²) < 4.78 is 14.5. The van der Waals surface area contributed by atoms with Gasteiger partial charge in [0.1, 0.15) is 5.82 Å². The summed E-state index contributed by atoms with van der Waals surface area (Å²) in [4.78, 5) is 27.6. The van der Waals surface area contributed by atoms with Crippen LogP contribution in [0.2, 0.25) is 0 Å². The van der Waals surface area contributed by atoms with E-state index in [9.17, 15) is 14.0 Å². The first kappa shape index (κ1) is 16.5. The first-order valence-electron chi connectivity index (χ1n) is 8.71. The van der Waals surface area contributed by atoms with Crippen LogP contribution in [-0.2, 0) is 17.8 Å². The van der Waals surface area contributed by atoms with Crippen LogP contribution in [0.25, 0.3) is 0 Å². The summed E-state index contributed by atoms with van der Waals surface area (Å²) in [6.45, 7) is 4.51. The molecular weight excluding hydrogens is 325 g/mol. The molecule has 2 unspecified atom stereocenters. The zero-order valence-corrected chi connectivity index (χ0v) is 14.2. The van der Waals surface area contributed by atoms with Crippen LogP contribution in [0.15, 0.2) is 12.1 Å². The molecule has 6 nitrogen and oxygen atoms in total. The molecule has 1 aromatic rings. The Hall–Kier alpha value is -1.99. The van der Waals surface area contributed by atoms with E-state index in [1.165, 1.54) is 6.07 Å². The molecule has 2 heterocycles. The molecule has 1 aromatic carbocycles. The van der Waals surface area contributed by atoms with E-state index in [-0.39, 0.29) is 17.0 Å². The SMILES string of the molecule is CC(=O)N1CCC2CC21CN1CCc2cc(C(=O)NO)cc(F)c2C1. The molecule has 2 N–H and O–H groups in total. The minimum absolute atomic E-state index is 0.0451. The molecule has 0 radical (unpaired) electrons. The molecule has 2 fully saturated rings. The lowest BCUT2D eigenvalue weighted by molar-refractivity contribution is -0.131. The lowest BCUT2D eigenvalue weighted by atomic mass is 9.95. The third kappa shape index (κ3) is 2.62. The van der Waals surface area contributed by atoms with Crippen LogP contribution in [0.5, 0.6) is 0 Å². The molecule has 0 bridgehead atoms. The van der Waals surface area contributed by atoms with Gasteiger partial charge in [-0.05, 0) is 42.9 Å². The minimum atomic E-state index is -0.702. The summed E-state index contributed by atoms with van der Waals surface area (Å²) in [5.41, 5.74) is 3.06. The number of carbonyl (C=O) groups is 2. The van der Waals surface area contributed by atoms with Crippen molar-refractivity contribution in [2.75, 3.05) is 19.6 Å². The number of carbonyl (C=O) groups excluding carboxylic acids is 2. The molecule has 134 valence electrons. The van der Waals surface area contributed by atoms with E-state index in [0.29, 0.717) is 24.4 Å². The number of hydroxylamine groups is 1. The van der Waals surface area contributed by atoms with Crippen LogP contribution < -0.4 is 5.48 Å². The number of nitrogens with zero attached hydrogens (tertiary/aromatic N) is 2. The second-order valence-corrected chi connectivity index (χ2v) is 7.46. The Kier molecular flexibility index (Phi) is 3.81. The van der Waals surface area contributed by atoms with E-state index in [1.54, 1.807) is 18.5 Å². The Morgan fingerprint density at radius 1 is 1.40 bits per heavy atom. The lowest BCUT2D eigenvalue weighted by Gasteiger charge is -2.36. The summed E-state index contributed by atoms with van der Waals surface area (Å²) in [6, 6.07) is 2.82. The Morgan fingerprint density at radius 2 is 2.20 bits per heavy atom. The van der Waals surface area contributed by atoms with Gasteiger partial charge in [0.25, 0.3) is 5.91 Å². The third-order valence-electron chi connectivity index (χ3n) is 6.05. The highest BCUT2D eigenvalue weighted by molar-refractivity contribution is 5.93. The van der Waals surface area contributed by atoms with Crippen LogP contribution >= 0.6 is 0 Å². The van der Waals surface area contributed by atoms with Gasteiger partial charge in [0.15, 0.2) is 0 Å². The van der Waals surface area contributed by atoms with Crippen molar-refractivity contribution in [3.63, 3.8) is 0 Å².